The zero-order chi connectivity index (χ0) is 33.7. The smallest absolute Gasteiger partial charge is 0.164 e. The predicted molar refractivity (Wildman–Crippen MR) is 209 cm³/mol. The maximum absolute atomic E-state index is 6.41. The van der Waals surface area contributed by atoms with Crippen molar-refractivity contribution in [2.45, 2.75) is 0 Å². The topological polar surface area (TPSA) is 51.8 Å². The van der Waals surface area contributed by atoms with Gasteiger partial charge in [0.1, 0.15) is 11.2 Å². The molecule has 0 N–H and O–H groups in total. The van der Waals surface area contributed by atoms with Crippen LogP contribution in [0.25, 0.3) is 99.9 Å². The highest BCUT2D eigenvalue weighted by atomic mass is 16.3. The Bertz CT molecular complexity index is 2880. The first-order valence-corrected chi connectivity index (χ1v) is 17.1. The van der Waals surface area contributed by atoms with Gasteiger partial charge in [-0.3, -0.25) is 0 Å². The molecule has 238 valence electrons. The Balaban J connectivity index is 1.09. The molecule has 2 heterocycles. The minimum atomic E-state index is 0.612. The van der Waals surface area contributed by atoms with Crippen LogP contribution in [-0.2, 0) is 0 Å². The summed E-state index contributed by atoms with van der Waals surface area (Å²) < 4.78 is 6.41. The molecule has 0 bridgehead atoms. The molecule has 0 aliphatic heterocycles. The highest BCUT2D eigenvalue weighted by molar-refractivity contribution is 6.26. The lowest BCUT2D eigenvalue weighted by Crippen LogP contribution is -2.00. The molecular weight excluding hydrogens is 623 g/mol. The van der Waals surface area contributed by atoms with Gasteiger partial charge in [-0.15, -0.1) is 0 Å². The molecule has 0 fully saturated rings. The third kappa shape index (κ3) is 5.13. The number of furan rings is 1. The van der Waals surface area contributed by atoms with Crippen LogP contribution in [0.2, 0.25) is 0 Å². The van der Waals surface area contributed by atoms with Gasteiger partial charge in [0.25, 0.3) is 0 Å². The number of hydrogen-bond donors (Lipinski definition) is 0. The molecule has 0 amide bonds. The Labute approximate surface area is 294 Å². The number of rotatable bonds is 5. The van der Waals surface area contributed by atoms with E-state index in [1.165, 1.54) is 32.7 Å². The van der Waals surface area contributed by atoms with Crippen LogP contribution in [0.5, 0.6) is 0 Å². The minimum absolute atomic E-state index is 0.612. The molecule has 8 aromatic carbocycles. The van der Waals surface area contributed by atoms with E-state index in [1.807, 2.05) is 48.5 Å². The summed E-state index contributed by atoms with van der Waals surface area (Å²) in [5.74, 6) is 1.86. The number of fused-ring (bicyclic) bond motifs is 7. The molecule has 4 heteroatoms. The van der Waals surface area contributed by atoms with Crippen molar-refractivity contribution in [3.8, 4) is 56.4 Å². The summed E-state index contributed by atoms with van der Waals surface area (Å²) in [6.07, 6.45) is 0. The second-order valence-electron chi connectivity index (χ2n) is 12.8. The van der Waals surface area contributed by atoms with Crippen molar-refractivity contribution in [2.75, 3.05) is 0 Å². The number of nitrogens with zero attached hydrogens (tertiary/aromatic N) is 3. The monoisotopic (exact) mass is 651 g/mol. The van der Waals surface area contributed by atoms with Crippen LogP contribution >= 0.6 is 0 Å². The van der Waals surface area contributed by atoms with E-state index in [0.717, 1.165) is 49.8 Å². The van der Waals surface area contributed by atoms with Crippen LogP contribution in [0.4, 0.5) is 0 Å². The molecule has 10 rings (SSSR count). The first-order valence-electron chi connectivity index (χ1n) is 17.1. The summed E-state index contributed by atoms with van der Waals surface area (Å²) in [7, 11) is 0. The van der Waals surface area contributed by atoms with Gasteiger partial charge in [0, 0.05) is 32.8 Å². The molecule has 0 aliphatic rings. The average molecular weight is 652 g/mol. The van der Waals surface area contributed by atoms with E-state index >= 15 is 0 Å². The molecule has 0 radical (unpaired) electrons. The maximum atomic E-state index is 6.41. The van der Waals surface area contributed by atoms with E-state index in [9.17, 15) is 0 Å². The van der Waals surface area contributed by atoms with Crippen LogP contribution in [0, 0.1) is 0 Å². The summed E-state index contributed by atoms with van der Waals surface area (Å²) in [6, 6.07) is 61.1. The molecule has 0 aliphatic carbocycles. The van der Waals surface area contributed by atoms with Crippen LogP contribution in [0.15, 0.2) is 180 Å². The molecule has 0 saturated heterocycles. The van der Waals surface area contributed by atoms with Gasteiger partial charge in [-0.1, -0.05) is 152 Å². The molecule has 4 nitrogen and oxygen atoms in total. The van der Waals surface area contributed by atoms with Gasteiger partial charge in [-0.05, 0) is 62.7 Å². The van der Waals surface area contributed by atoms with E-state index in [0.29, 0.717) is 17.5 Å². The van der Waals surface area contributed by atoms with E-state index in [-0.39, 0.29) is 0 Å². The Hall–Kier alpha value is -6.91. The summed E-state index contributed by atoms with van der Waals surface area (Å²) in [5.41, 5.74) is 9.15. The Morgan fingerprint density at radius 2 is 0.745 bits per heavy atom. The molecule has 0 atom stereocenters. The lowest BCUT2D eigenvalue weighted by molar-refractivity contribution is 0.669. The third-order valence-corrected chi connectivity index (χ3v) is 9.73. The molecule has 10 aromatic rings. The number of benzene rings is 8. The molecule has 0 spiro atoms. The fraction of sp³-hybridized carbons (Fsp3) is 0. The Kier molecular flexibility index (Phi) is 6.78. The summed E-state index contributed by atoms with van der Waals surface area (Å²) in [4.78, 5) is 15.1. The summed E-state index contributed by atoms with van der Waals surface area (Å²) in [6.45, 7) is 0. The van der Waals surface area contributed by atoms with Gasteiger partial charge in [-0.25, -0.2) is 15.0 Å². The second-order valence-corrected chi connectivity index (χ2v) is 12.8. The van der Waals surface area contributed by atoms with Crippen LogP contribution < -0.4 is 0 Å². The highest BCUT2D eigenvalue weighted by Crippen LogP contribution is 2.40. The fourth-order valence-electron chi connectivity index (χ4n) is 7.15. The molecule has 51 heavy (non-hydrogen) atoms. The third-order valence-electron chi connectivity index (χ3n) is 9.73. The van der Waals surface area contributed by atoms with E-state index in [2.05, 4.69) is 127 Å². The first kappa shape index (κ1) is 29.0. The largest absolute Gasteiger partial charge is 0.456 e. The zero-order valence-corrected chi connectivity index (χ0v) is 27.5. The minimum Gasteiger partial charge on any atom is -0.456 e. The zero-order valence-electron chi connectivity index (χ0n) is 27.5. The van der Waals surface area contributed by atoms with Crippen molar-refractivity contribution in [1.82, 2.24) is 15.0 Å². The normalized spacial score (nSPS) is 11.5. The fourth-order valence-corrected chi connectivity index (χ4v) is 7.15. The van der Waals surface area contributed by atoms with Crippen LogP contribution in [-0.4, -0.2) is 15.0 Å². The van der Waals surface area contributed by atoms with Crippen LogP contribution in [0.1, 0.15) is 0 Å². The van der Waals surface area contributed by atoms with Crippen molar-refractivity contribution in [2.24, 2.45) is 0 Å². The lowest BCUT2D eigenvalue weighted by atomic mass is 9.97. The lowest BCUT2D eigenvalue weighted by Gasteiger charge is -2.10. The first-order chi connectivity index (χ1) is 25.2. The quantitative estimate of drug-likeness (QED) is 0.174. The standard InChI is InChI=1S/C47H29N3O/c1-3-9-30(10-4-1)31-15-17-32(18-16-31)33-19-23-37(24-20-33)46-48-45(36-12-5-2-6-13-36)49-47(50-46)38-26-27-41-40(29-38)44-42(51-41)28-25-35-22-21-34-11-7-8-14-39(34)43(35)44/h1-29H. The Morgan fingerprint density at radius 1 is 0.294 bits per heavy atom. The van der Waals surface area contributed by atoms with Gasteiger partial charge >= 0.3 is 0 Å². The van der Waals surface area contributed by atoms with Gasteiger partial charge in [0.2, 0.25) is 0 Å². The molecular formula is C47H29N3O. The van der Waals surface area contributed by atoms with E-state index in [1.54, 1.807) is 0 Å². The van der Waals surface area contributed by atoms with Crippen molar-refractivity contribution in [1.29, 1.82) is 0 Å². The Morgan fingerprint density at radius 3 is 1.41 bits per heavy atom. The predicted octanol–water partition coefficient (Wildman–Crippen LogP) is 12.4. The summed E-state index contributed by atoms with van der Waals surface area (Å²) >= 11 is 0. The van der Waals surface area contributed by atoms with Crippen molar-refractivity contribution >= 4 is 43.5 Å². The number of hydrogen-bond acceptors (Lipinski definition) is 4. The van der Waals surface area contributed by atoms with Gasteiger partial charge in [0.05, 0.1) is 0 Å². The van der Waals surface area contributed by atoms with E-state index in [4.69, 9.17) is 19.4 Å². The molecule has 2 aromatic heterocycles. The van der Waals surface area contributed by atoms with Crippen molar-refractivity contribution in [3.05, 3.63) is 176 Å². The maximum Gasteiger partial charge on any atom is 0.164 e. The van der Waals surface area contributed by atoms with Crippen molar-refractivity contribution in [3.63, 3.8) is 0 Å². The average Bonchev–Trinajstić information content (AvgIpc) is 3.59. The van der Waals surface area contributed by atoms with Gasteiger partial charge < -0.3 is 4.42 Å². The van der Waals surface area contributed by atoms with Crippen molar-refractivity contribution < 1.29 is 4.42 Å². The van der Waals surface area contributed by atoms with E-state index < -0.39 is 0 Å². The van der Waals surface area contributed by atoms with Gasteiger partial charge in [-0.2, -0.15) is 0 Å². The summed E-state index contributed by atoms with van der Waals surface area (Å²) in [5, 5.41) is 6.92. The molecule has 0 saturated carbocycles. The van der Waals surface area contributed by atoms with Crippen LogP contribution in [0.3, 0.4) is 0 Å². The molecule has 0 unspecified atom stereocenters. The second kappa shape index (κ2) is 11.9. The van der Waals surface area contributed by atoms with Gasteiger partial charge in [0.15, 0.2) is 17.5 Å². The highest BCUT2D eigenvalue weighted by Gasteiger charge is 2.17. The number of aromatic nitrogens is 3. The SMILES string of the molecule is c1ccc(-c2ccc(-c3ccc(-c4nc(-c5ccccc5)nc(-c5ccc6oc7ccc8ccc9ccccc9c8c7c6c5)n4)cc3)cc2)cc1.